The maximum absolute atomic E-state index is 12.0. The van der Waals surface area contributed by atoms with E-state index in [4.69, 9.17) is 44.3 Å². The summed E-state index contributed by atoms with van der Waals surface area (Å²) >= 11 is 17.1. The molecule has 2 N–H and O–H groups in total. The second-order valence-electron chi connectivity index (χ2n) is 11.2. The third-order valence-electron chi connectivity index (χ3n) is 7.74. The van der Waals surface area contributed by atoms with Crippen molar-refractivity contribution in [2.75, 3.05) is 20.1 Å². The number of likely N-dealkylation sites (N-methyl/N-ethyl adjacent to an activating group) is 1. The zero-order chi connectivity index (χ0) is 31.8. The number of rotatable bonds is 11. The van der Waals surface area contributed by atoms with Gasteiger partial charge in [0.05, 0.1) is 18.8 Å². The SMILES string of the molecule is CN(CCc1ccccn1)C[C@H]1C[C@@H](c2ccc(CO)cc2)O[C@@H](c2cccc(-c3cccc(CNC(=O)C(Cl)(Cl)Cl)c3)c2)O1. The van der Waals surface area contributed by atoms with E-state index < -0.39 is 16.0 Å². The van der Waals surface area contributed by atoms with Gasteiger partial charge in [-0.05, 0) is 59.1 Å². The van der Waals surface area contributed by atoms with Crippen molar-refractivity contribution in [3.05, 3.63) is 125 Å². The third-order valence-corrected chi connectivity index (χ3v) is 8.25. The summed E-state index contributed by atoms with van der Waals surface area (Å²) < 4.78 is 11.2. The van der Waals surface area contributed by atoms with Crippen molar-refractivity contribution < 1.29 is 19.4 Å². The van der Waals surface area contributed by atoms with Crippen molar-refractivity contribution in [2.24, 2.45) is 0 Å². The van der Waals surface area contributed by atoms with Crippen LogP contribution in [0.5, 0.6) is 0 Å². The number of halogens is 3. The molecule has 45 heavy (non-hydrogen) atoms. The van der Waals surface area contributed by atoms with E-state index in [-0.39, 0.29) is 25.4 Å². The van der Waals surface area contributed by atoms with Crippen LogP contribution < -0.4 is 5.32 Å². The van der Waals surface area contributed by atoms with Crippen molar-refractivity contribution in [2.45, 2.75) is 48.3 Å². The van der Waals surface area contributed by atoms with E-state index in [0.29, 0.717) is 6.42 Å². The largest absolute Gasteiger partial charge is 0.392 e. The van der Waals surface area contributed by atoms with Crippen molar-refractivity contribution in [1.82, 2.24) is 15.2 Å². The molecule has 1 aliphatic rings. The summed E-state index contributed by atoms with van der Waals surface area (Å²) in [5.41, 5.74) is 6.68. The monoisotopic (exact) mass is 667 g/mol. The predicted octanol–water partition coefficient (Wildman–Crippen LogP) is 6.95. The first kappa shape index (κ1) is 33.4. The van der Waals surface area contributed by atoms with E-state index in [0.717, 1.165) is 58.6 Å². The highest BCUT2D eigenvalue weighted by molar-refractivity contribution is 6.76. The molecule has 0 saturated carbocycles. The molecule has 0 aliphatic carbocycles. The summed E-state index contributed by atoms with van der Waals surface area (Å²) in [6, 6.07) is 29.8. The van der Waals surface area contributed by atoms with Gasteiger partial charge in [-0.15, -0.1) is 0 Å². The number of hydrogen-bond acceptors (Lipinski definition) is 6. The summed E-state index contributed by atoms with van der Waals surface area (Å²) in [5, 5.41) is 12.2. The van der Waals surface area contributed by atoms with Crippen LogP contribution in [0.25, 0.3) is 11.1 Å². The van der Waals surface area contributed by atoms with E-state index in [1.54, 1.807) is 0 Å². The first-order valence-corrected chi connectivity index (χ1v) is 15.9. The van der Waals surface area contributed by atoms with E-state index in [1.807, 2.05) is 91.1 Å². The Morgan fingerprint density at radius 1 is 0.933 bits per heavy atom. The molecule has 3 aromatic carbocycles. The summed E-state index contributed by atoms with van der Waals surface area (Å²) in [6.07, 6.45) is 2.54. The van der Waals surface area contributed by atoms with Crippen molar-refractivity contribution in [3.8, 4) is 11.1 Å². The van der Waals surface area contributed by atoms with Crippen molar-refractivity contribution in [1.29, 1.82) is 0 Å². The molecule has 1 aromatic heterocycles. The summed E-state index contributed by atoms with van der Waals surface area (Å²) in [6.45, 7) is 1.81. The van der Waals surface area contributed by atoms with Crippen LogP contribution in [0, 0.1) is 0 Å². The number of carbonyl (C=O) groups is 1. The summed E-state index contributed by atoms with van der Waals surface area (Å²) in [5.74, 6) is -0.677. The Labute approximate surface area is 279 Å². The molecule has 7 nitrogen and oxygen atoms in total. The van der Waals surface area contributed by atoms with Crippen molar-refractivity contribution >= 4 is 40.7 Å². The first-order chi connectivity index (χ1) is 21.7. The highest BCUT2D eigenvalue weighted by Gasteiger charge is 2.33. The van der Waals surface area contributed by atoms with Crippen LogP contribution >= 0.6 is 34.8 Å². The number of carbonyl (C=O) groups excluding carboxylic acids is 1. The standard InChI is InChI=1S/C35H36Cl3N3O4/c1-41(17-15-30-10-2-3-16-39-30)22-31-20-32(26-13-11-24(23-42)12-14-26)45-33(44-31)29-9-5-8-28(19-29)27-7-4-6-25(18-27)21-40-34(43)35(36,37)38/h2-14,16,18-19,31-33,42H,15,17,20-23H2,1H3,(H,40,43)/t31-,32+,33+/m1/s1. The van der Waals surface area contributed by atoms with Crippen LogP contribution in [0.15, 0.2) is 97.2 Å². The van der Waals surface area contributed by atoms with E-state index in [2.05, 4.69) is 28.3 Å². The molecule has 1 amide bonds. The average molecular weight is 669 g/mol. The van der Waals surface area contributed by atoms with Crippen LogP contribution in [0.1, 0.15) is 46.8 Å². The molecule has 3 atom stereocenters. The normalized spacial score (nSPS) is 18.6. The quantitative estimate of drug-likeness (QED) is 0.169. The Morgan fingerprint density at radius 2 is 1.69 bits per heavy atom. The molecule has 236 valence electrons. The van der Waals surface area contributed by atoms with E-state index >= 15 is 0 Å². The molecular weight excluding hydrogens is 633 g/mol. The smallest absolute Gasteiger partial charge is 0.272 e. The van der Waals surface area contributed by atoms with Gasteiger partial charge in [-0.3, -0.25) is 9.78 Å². The molecule has 4 aromatic rings. The van der Waals surface area contributed by atoms with Gasteiger partial charge in [-0.2, -0.15) is 0 Å². The molecule has 1 saturated heterocycles. The Bertz CT molecular complexity index is 1550. The molecule has 5 rings (SSSR count). The topological polar surface area (TPSA) is 83.9 Å². The Kier molecular flexibility index (Phi) is 11.5. The fourth-order valence-corrected chi connectivity index (χ4v) is 5.53. The lowest BCUT2D eigenvalue weighted by Crippen LogP contribution is -2.38. The van der Waals surface area contributed by atoms with Gasteiger partial charge in [0.2, 0.25) is 0 Å². The van der Waals surface area contributed by atoms with E-state index in [1.165, 1.54) is 0 Å². The van der Waals surface area contributed by atoms with Gasteiger partial charge in [0.15, 0.2) is 6.29 Å². The minimum absolute atomic E-state index is 0.00546. The van der Waals surface area contributed by atoms with E-state index in [9.17, 15) is 9.90 Å². The third kappa shape index (κ3) is 9.50. The van der Waals surface area contributed by atoms with Gasteiger partial charge < -0.3 is 24.8 Å². The number of aromatic nitrogens is 1. The van der Waals surface area contributed by atoms with Crippen LogP contribution in [0.2, 0.25) is 0 Å². The number of amides is 1. The van der Waals surface area contributed by atoms with Gasteiger partial charge in [0.1, 0.15) is 0 Å². The number of nitrogens with zero attached hydrogens (tertiary/aromatic N) is 2. The van der Waals surface area contributed by atoms with Gasteiger partial charge >= 0.3 is 0 Å². The molecular formula is C35H36Cl3N3O4. The van der Waals surface area contributed by atoms with Crippen LogP contribution in [-0.4, -0.2) is 50.9 Å². The lowest BCUT2D eigenvalue weighted by molar-refractivity contribution is -0.252. The number of hydrogen-bond donors (Lipinski definition) is 2. The Morgan fingerprint density at radius 3 is 2.40 bits per heavy atom. The molecule has 0 unspecified atom stereocenters. The number of ether oxygens (including phenoxy) is 2. The highest BCUT2D eigenvalue weighted by Crippen LogP contribution is 2.39. The maximum atomic E-state index is 12.0. The number of pyridine rings is 1. The summed E-state index contributed by atoms with van der Waals surface area (Å²) in [4.78, 5) is 18.7. The van der Waals surface area contributed by atoms with Crippen LogP contribution in [0.4, 0.5) is 0 Å². The second-order valence-corrected chi connectivity index (χ2v) is 13.5. The fraction of sp³-hybridized carbons (Fsp3) is 0.314. The van der Waals surface area contributed by atoms with Gasteiger partial charge in [-0.1, -0.05) is 102 Å². The summed E-state index contributed by atoms with van der Waals surface area (Å²) in [7, 11) is 2.10. The lowest BCUT2D eigenvalue weighted by atomic mass is 9.98. The Balaban J connectivity index is 1.33. The second kappa shape index (κ2) is 15.5. The zero-order valence-electron chi connectivity index (χ0n) is 24.9. The molecule has 0 spiro atoms. The Hall–Kier alpha value is -3.01. The van der Waals surface area contributed by atoms with Gasteiger partial charge in [-0.25, -0.2) is 0 Å². The molecule has 1 aliphatic heterocycles. The van der Waals surface area contributed by atoms with Gasteiger partial charge in [0.25, 0.3) is 9.70 Å². The minimum Gasteiger partial charge on any atom is -0.392 e. The number of aliphatic hydroxyl groups is 1. The maximum Gasteiger partial charge on any atom is 0.272 e. The number of alkyl halides is 3. The minimum atomic E-state index is -2.02. The lowest BCUT2D eigenvalue weighted by Gasteiger charge is -2.38. The van der Waals surface area contributed by atoms with Crippen molar-refractivity contribution in [3.63, 3.8) is 0 Å². The van der Waals surface area contributed by atoms with Crippen LogP contribution in [0.3, 0.4) is 0 Å². The molecule has 1 fully saturated rings. The zero-order valence-corrected chi connectivity index (χ0v) is 27.2. The number of aliphatic hydroxyl groups excluding tert-OH is 1. The average Bonchev–Trinajstić information content (AvgIpc) is 3.06. The molecule has 0 radical (unpaired) electrons. The molecule has 0 bridgehead atoms. The highest BCUT2D eigenvalue weighted by atomic mass is 35.6. The molecule has 2 heterocycles. The fourth-order valence-electron chi connectivity index (χ4n) is 5.33. The van der Waals surface area contributed by atoms with Gasteiger partial charge in [0, 0.05) is 49.9 Å². The molecule has 10 heteroatoms. The number of benzene rings is 3. The predicted molar refractivity (Wildman–Crippen MR) is 178 cm³/mol. The first-order valence-electron chi connectivity index (χ1n) is 14.8. The number of nitrogens with one attached hydrogen (secondary N) is 1. The van der Waals surface area contributed by atoms with Crippen LogP contribution in [-0.2, 0) is 33.8 Å².